The number of benzene rings is 1. The summed E-state index contributed by atoms with van der Waals surface area (Å²) in [5.41, 5.74) is 2.28. The molecular formula is C14H13N3O. The van der Waals surface area contributed by atoms with E-state index < -0.39 is 6.10 Å². The van der Waals surface area contributed by atoms with E-state index in [1.54, 1.807) is 17.1 Å². The molecule has 0 radical (unpaired) electrons. The Bertz CT molecular complexity index is 690. The summed E-state index contributed by atoms with van der Waals surface area (Å²) in [7, 11) is 1.82. The summed E-state index contributed by atoms with van der Waals surface area (Å²) in [5, 5.41) is 15.4. The van der Waals surface area contributed by atoms with Crippen LogP contribution in [0.15, 0.2) is 48.8 Å². The van der Waals surface area contributed by atoms with Crippen molar-refractivity contribution in [3.63, 3.8) is 0 Å². The van der Waals surface area contributed by atoms with E-state index in [2.05, 4.69) is 10.1 Å². The molecule has 1 N–H and O–H groups in total. The van der Waals surface area contributed by atoms with Crippen LogP contribution in [0.2, 0.25) is 0 Å². The van der Waals surface area contributed by atoms with Crippen LogP contribution in [-0.2, 0) is 7.05 Å². The first-order chi connectivity index (χ1) is 8.74. The maximum atomic E-state index is 10.2. The van der Waals surface area contributed by atoms with Gasteiger partial charge >= 0.3 is 0 Å². The Hall–Kier alpha value is -2.20. The fourth-order valence-electron chi connectivity index (χ4n) is 1.99. The average molecular weight is 239 g/mol. The van der Waals surface area contributed by atoms with Gasteiger partial charge in [0.1, 0.15) is 6.10 Å². The summed E-state index contributed by atoms with van der Waals surface area (Å²) >= 11 is 0. The van der Waals surface area contributed by atoms with Crippen LogP contribution in [0.1, 0.15) is 17.4 Å². The molecule has 0 aliphatic carbocycles. The molecule has 0 aliphatic rings. The van der Waals surface area contributed by atoms with E-state index in [4.69, 9.17) is 0 Å². The number of pyridine rings is 1. The van der Waals surface area contributed by atoms with Gasteiger partial charge in [0.2, 0.25) is 0 Å². The van der Waals surface area contributed by atoms with Gasteiger partial charge in [-0.2, -0.15) is 5.10 Å². The summed E-state index contributed by atoms with van der Waals surface area (Å²) in [5.74, 6) is 0. The minimum absolute atomic E-state index is 0.640. The highest BCUT2D eigenvalue weighted by Gasteiger charge is 2.13. The largest absolute Gasteiger partial charge is 0.382 e. The van der Waals surface area contributed by atoms with Gasteiger partial charge < -0.3 is 5.11 Å². The molecule has 1 aromatic carbocycles. The third-order valence-corrected chi connectivity index (χ3v) is 2.94. The molecule has 0 saturated heterocycles. The Morgan fingerprint density at radius 1 is 1.17 bits per heavy atom. The van der Waals surface area contributed by atoms with E-state index in [0.29, 0.717) is 5.69 Å². The Kier molecular flexibility index (Phi) is 2.57. The highest BCUT2D eigenvalue weighted by molar-refractivity contribution is 5.78. The van der Waals surface area contributed by atoms with E-state index in [1.807, 2.05) is 43.4 Å². The number of hydrogen-bond donors (Lipinski definition) is 1. The van der Waals surface area contributed by atoms with Crippen LogP contribution in [0, 0.1) is 0 Å². The number of para-hydroxylation sites is 1. The zero-order chi connectivity index (χ0) is 12.5. The number of fused-ring (bicyclic) bond motifs is 1. The molecule has 0 fully saturated rings. The summed E-state index contributed by atoms with van der Waals surface area (Å²) in [6, 6.07) is 11.7. The van der Waals surface area contributed by atoms with Crippen LogP contribution in [0.25, 0.3) is 10.9 Å². The molecule has 1 atom stereocenters. The van der Waals surface area contributed by atoms with Crippen molar-refractivity contribution in [2.75, 3.05) is 0 Å². The van der Waals surface area contributed by atoms with Crippen molar-refractivity contribution in [1.29, 1.82) is 0 Å². The second-order valence-electron chi connectivity index (χ2n) is 4.28. The van der Waals surface area contributed by atoms with E-state index in [-0.39, 0.29) is 0 Å². The van der Waals surface area contributed by atoms with Crippen molar-refractivity contribution in [1.82, 2.24) is 14.8 Å². The lowest BCUT2D eigenvalue weighted by Crippen LogP contribution is -2.01. The van der Waals surface area contributed by atoms with Crippen molar-refractivity contribution in [2.24, 2.45) is 7.05 Å². The predicted octanol–water partition coefficient (Wildman–Crippen LogP) is 2.05. The Labute approximate surface area is 105 Å². The second kappa shape index (κ2) is 4.23. The quantitative estimate of drug-likeness (QED) is 0.744. The SMILES string of the molecule is Cn1cc(C(O)c2ccc3ccccc3n2)cn1. The lowest BCUT2D eigenvalue weighted by atomic mass is 10.1. The van der Waals surface area contributed by atoms with Crippen LogP contribution in [-0.4, -0.2) is 19.9 Å². The Morgan fingerprint density at radius 3 is 2.78 bits per heavy atom. The van der Waals surface area contributed by atoms with Gasteiger partial charge in [-0.25, -0.2) is 4.98 Å². The minimum atomic E-state index is -0.733. The number of nitrogens with zero attached hydrogens (tertiary/aromatic N) is 3. The zero-order valence-electron chi connectivity index (χ0n) is 9.99. The molecule has 0 saturated carbocycles. The molecule has 3 aromatic rings. The fraction of sp³-hybridized carbons (Fsp3) is 0.143. The molecule has 4 nitrogen and oxygen atoms in total. The normalized spacial score (nSPS) is 12.8. The molecular weight excluding hydrogens is 226 g/mol. The van der Waals surface area contributed by atoms with Gasteiger partial charge in [0, 0.05) is 24.2 Å². The van der Waals surface area contributed by atoms with E-state index >= 15 is 0 Å². The van der Waals surface area contributed by atoms with Crippen LogP contribution >= 0.6 is 0 Å². The maximum Gasteiger partial charge on any atom is 0.124 e. The number of aliphatic hydroxyl groups excluding tert-OH is 1. The lowest BCUT2D eigenvalue weighted by Gasteiger charge is -2.08. The molecule has 0 amide bonds. The van der Waals surface area contributed by atoms with Crippen molar-refractivity contribution < 1.29 is 5.11 Å². The van der Waals surface area contributed by atoms with Crippen molar-refractivity contribution >= 4 is 10.9 Å². The van der Waals surface area contributed by atoms with Gasteiger partial charge in [-0.15, -0.1) is 0 Å². The monoisotopic (exact) mass is 239 g/mol. The summed E-state index contributed by atoms with van der Waals surface area (Å²) < 4.78 is 1.67. The van der Waals surface area contributed by atoms with E-state index in [1.165, 1.54) is 0 Å². The molecule has 0 aliphatic heterocycles. The first-order valence-corrected chi connectivity index (χ1v) is 5.76. The topological polar surface area (TPSA) is 50.9 Å². The minimum Gasteiger partial charge on any atom is -0.382 e. The lowest BCUT2D eigenvalue weighted by molar-refractivity contribution is 0.215. The molecule has 0 spiro atoms. The Morgan fingerprint density at radius 2 is 2.00 bits per heavy atom. The fourth-order valence-corrected chi connectivity index (χ4v) is 1.99. The van der Waals surface area contributed by atoms with Gasteiger partial charge in [0.05, 0.1) is 17.4 Å². The number of hydrogen-bond acceptors (Lipinski definition) is 3. The van der Waals surface area contributed by atoms with Crippen LogP contribution < -0.4 is 0 Å². The molecule has 4 heteroatoms. The molecule has 2 heterocycles. The van der Waals surface area contributed by atoms with E-state index in [9.17, 15) is 5.11 Å². The highest BCUT2D eigenvalue weighted by atomic mass is 16.3. The van der Waals surface area contributed by atoms with Gasteiger partial charge in [-0.3, -0.25) is 4.68 Å². The standard InChI is InChI=1S/C14H13N3O/c1-17-9-11(8-15-17)14(18)13-7-6-10-4-2-3-5-12(10)16-13/h2-9,14,18H,1H3. The van der Waals surface area contributed by atoms with E-state index in [0.717, 1.165) is 16.5 Å². The van der Waals surface area contributed by atoms with Crippen LogP contribution in [0.5, 0.6) is 0 Å². The second-order valence-corrected chi connectivity index (χ2v) is 4.28. The van der Waals surface area contributed by atoms with Crippen LogP contribution in [0.4, 0.5) is 0 Å². The molecule has 0 bridgehead atoms. The van der Waals surface area contributed by atoms with Crippen molar-refractivity contribution in [2.45, 2.75) is 6.10 Å². The highest BCUT2D eigenvalue weighted by Crippen LogP contribution is 2.21. The van der Waals surface area contributed by atoms with Gasteiger partial charge in [-0.1, -0.05) is 24.3 Å². The maximum absolute atomic E-state index is 10.2. The molecule has 2 aromatic heterocycles. The third kappa shape index (κ3) is 1.87. The number of rotatable bonds is 2. The molecule has 18 heavy (non-hydrogen) atoms. The molecule has 1 unspecified atom stereocenters. The van der Waals surface area contributed by atoms with Crippen molar-refractivity contribution in [3.8, 4) is 0 Å². The van der Waals surface area contributed by atoms with Gasteiger partial charge in [-0.05, 0) is 12.1 Å². The first-order valence-electron chi connectivity index (χ1n) is 5.76. The summed E-state index contributed by atoms with van der Waals surface area (Å²) in [6.45, 7) is 0. The number of aromatic nitrogens is 3. The number of aryl methyl sites for hydroxylation is 1. The van der Waals surface area contributed by atoms with Crippen LogP contribution in [0.3, 0.4) is 0 Å². The molecule has 3 rings (SSSR count). The zero-order valence-corrected chi connectivity index (χ0v) is 9.99. The third-order valence-electron chi connectivity index (χ3n) is 2.94. The summed E-state index contributed by atoms with van der Waals surface area (Å²) in [4.78, 5) is 4.47. The van der Waals surface area contributed by atoms with Gasteiger partial charge in [0.25, 0.3) is 0 Å². The summed E-state index contributed by atoms with van der Waals surface area (Å²) in [6.07, 6.45) is 2.71. The van der Waals surface area contributed by atoms with Crippen molar-refractivity contribution in [3.05, 3.63) is 60.0 Å². The average Bonchev–Trinajstić information content (AvgIpc) is 2.84. The number of aliphatic hydroxyl groups is 1. The Balaban J connectivity index is 2.03. The van der Waals surface area contributed by atoms with Gasteiger partial charge in [0.15, 0.2) is 0 Å². The first kappa shape index (κ1) is 10.9. The predicted molar refractivity (Wildman–Crippen MR) is 69.0 cm³/mol. The molecule has 90 valence electrons. The smallest absolute Gasteiger partial charge is 0.124 e.